The monoisotopic (exact) mass is 428 g/mol. The quantitative estimate of drug-likeness (QED) is 0.752. The predicted octanol–water partition coefficient (Wildman–Crippen LogP) is 0.549. The molecule has 1 N–H and O–H groups in total. The number of rotatable bonds is 4. The lowest BCUT2D eigenvalue weighted by molar-refractivity contribution is -0.135. The van der Waals surface area contributed by atoms with Crippen LogP contribution in [-0.2, 0) is 9.59 Å². The van der Waals surface area contributed by atoms with Crippen molar-refractivity contribution < 1.29 is 14.4 Å². The van der Waals surface area contributed by atoms with Crippen molar-refractivity contribution >= 4 is 17.7 Å². The van der Waals surface area contributed by atoms with Crippen molar-refractivity contribution in [3.63, 3.8) is 0 Å². The molecule has 9 heteroatoms. The first-order valence-corrected chi connectivity index (χ1v) is 11.4. The smallest absolute Gasteiger partial charge is 0.257 e. The molecular weight excluding hydrogens is 396 g/mol. The third kappa shape index (κ3) is 5.20. The van der Waals surface area contributed by atoms with Gasteiger partial charge in [-0.05, 0) is 39.0 Å². The predicted molar refractivity (Wildman–Crippen MR) is 115 cm³/mol. The number of hydrogen-bond donors (Lipinski definition) is 1. The van der Waals surface area contributed by atoms with Crippen LogP contribution in [0.1, 0.15) is 59.9 Å². The number of aryl methyl sites for hydroxylation is 1. The Morgan fingerprint density at radius 2 is 1.87 bits per heavy atom. The molecule has 3 amide bonds. The fourth-order valence-electron chi connectivity index (χ4n) is 4.69. The summed E-state index contributed by atoms with van der Waals surface area (Å²) >= 11 is 0. The molecule has 3 saturated heterocycles. The topological polar surface area (TPSA) is 98.7 Å². The minimum Gasteiger partial charge on any atom is -0.354 e. The van der Waals surface area contributed by atoms with Gasteiger partial charge in [-0.25, -0.2) is 9.97 Å². The molecule has 3 aliphatic rings. The van der Waals surface area contributed by atoms with Crippen LogP contribution in [0.15, 0.2) is 6.20 Å². The van der Waals surface area contributed by atoms with Gasteiger partial charge in [0.1, 0.15) is 5.82 Å². The Morgan fingerprint density at radius 1 is 1.10 bits per heavy atom. The lowest BCUT2D eigenvalue weighted by Gasteiger charge is -2.34. The molecule has 3 fully saturated rings. The molecule has 4 rings (SSSR count). The van der Waals surface area contributed by atoms with Crippen molar-refractivity contribution in [3.8, 4) is 0 Å². The van der Waals surface area contributed by atoms with E-state index in [9.17, 15) is 14.4 Å². The zero-order valence-electron chi connectivity index (χ0n) is 18.3. The van der Waals surface area contributed by atoms with E-state index in [4.69, 9.17) is 0 Å². The van der Waals surface area contributed by atoms with E-state index >= 15 is 0 Å². The fraction of sp³-hybridized carbons (Fsp3) is 0.682. The van der Waals surface area contributed by atoms with Gasteiger partial charge in [-0.2, -0.15) is 0 Å². The van der Waals surface area contributed by atoms with Crippen molar-refractivity contribution in [2.45, 2.75) is 44.9 Å². The average molecular weight is 429 g/mol. The minimum atomic E-state index is -0.0290. The maximum atomic E-state index is 12.8. The zero-order chi connectivity index (χ0) is 21.8. The van der Waals surface area contributed by atoms with E-state index in [-0.39, 0.29) is 36.7 Å². The Balaban J connectivity index is 1.38. The number of carbonyl (C=O) groups is 3. The van der Waals surface area contributed by atoms with Crippen LogP contribution in [0.2, 0.25) is 0 Å². The van der Waals surface area contributed by atoms with Gasteiger partial charge < -0.3 is 15.1 Å². The number of carbonyl (C=O) groups excluding carboxylic acids is 3. The molecule has 0 saturated carbocycles. The molecule has 0 unspecified atom stereocenters. The summed E-state index contributed by atoms with van der Waals surface area (Å²) in [6, 6.07) is 0. The average Bonchev–Trinajstić information content (AvgIpc) is 2.79. The van der Waals surface area contributed by atoms with Gasteiger partial charge in [-0.3, -0.25) is 19.3 Å². The van der Waals surface area contributed by atoms with Crippen molar-refractivity contribution in [2.24, 2.45) is 0 Å². The van der Waals surface area contributed by atoms with Crippen molar-refractivity contribution in [3.05, 3.63) is 23.3 Å². The first kappa shape index (κ1) is 21.7. The molecule has 168 valence electrons. The molecule has 0 aromatic carbocycles. The molecule has 1 aromatic rings. The van der Waals surface area contributed by atoms with Gasteiger partial charge in [-0.1, -0.05) is 0 Å². The molecule has 0 bridgehead atoms. The van der Waals surface area contributed by atoms with E-state index in [0.29, 0.717) is 36.7 Å². The van der Waals surface area contributed by atoms with Gasteiger partial charge in [0.25, 0.3) is 5.91 Å². The lowest BCUT2D eigenvalue weighted by atomic mass is 9.96. The Morgan fingerprint density at radius 3 is 2.61 bits per heavy atom. The van der Waals surface area contributed by atoms with E-state index in [1.807, 2.05) is 21.6 Å². The zero-order valence-corrected chi connectivity index (χ0v) is 18.3. The summed E-state index contributed by atoms with van der Waals surface area (Å²) < 4.78 is 0. The number of hydrogen-bond acceptors (Lipinski definition) is 6. The van der Waals surface area contributed by atoms with Crippen LogP contribution in [-0.4, -0.2) is 94.7 Å². The number of likely N-dealkylation sites (tertiary alicyclic amines) is 2. The third-order valence-electron chi connectivity index (χ3n) is 6.49. The molecule has 0 radical (unpaired) electrons. The number of nitrogens with zero attached hydrogens (tertiary/aromatic N) is 5. The molecule has 1 atom stereocenters. The van der Waals surface area contributed by atoms with Crippen LogP contribution in [0.25, 0.3) is 0 Å². The van der Waals surface area contributed by atoms with Crippen molar-refractivity contribution in [1.82, 2.24) is 30.0 Å². The normalized spacial score (nSPS) is 22.9. The highest BCUT2D eigenvalue weighted by atomic mass is 16.2. The molecule has 3 aliphatic heterocycles. The standard InChI is InChI=1S/C22H32N6O3/c1-16-18(22(31)27-8-3-2-4-9-27)12-24-21(25-16)17-6-5-10-28(13-17)20(30)15-26-11-7-23-19(29)14-26/h12,17H,2-11,13-15H2,1H3,(H,23,29)/t17-/m1/s1. The van der Waals surface area contributed by atoms with E-state index in [1.54, 1.807) is 6.20 Å². The summed E-state index contributed by atoms with van der Waals surface area (Å²) in [7, 11) is 0. The van der Waals surface area contributed by atoms with Crippen LogP contribution in [0.3, 0.4) is 0 Å². The maximum Gasteiger partial charge on any atom is 0.257 e. The van der Waals surface area contributed by atoms with Gasteiger partial charge in [0.2, 0.25) is 11.8 Å². The fourth-order valence-corrected chi connectivity index (χ4v) is 4.69. The largest absolute Gasteiger partial charge is 0.354 e. The van der Waals surface area contributed by atoms with Crippen LogP contribution in [0, 0.1) is 6.92 Å². The van der Waals surface area contributed by atoms with Crippen LogP contribution >= 0.6 is 0 Å². The second kappa shape index (κ2) is 9.72. The van der Waals surface area contributed by atoms with Gasteiger partial charge in [-0.15, -0.1) is 0 Å². The lowest BCUT2D eigenvalue weighted by Crippen LogP contribution is -2.52. The van der Waals surface area contributed by atoms with Gasteiger partial charge >= 0.3 is 0 Å². The van der Waals surface area contributed by atoms with E-state index in [2.05, 4.69) is 15.3 Å². The van der Waals surface area contributed by atoms with Gasteiger partial charge in [0.05, 0.1) is 24.3 Å². The number of amides is 3. The summed E-state index contributed by atoms with van der Waals surface area (Å²) in [5.74, 6) is 0.823. The minimum absolute atomic E-state index is 0.0229. The SMILES string of the molecule is Cc1nc([C@@H]2CCCN(C(=O)CN3CCNC(=O)C3)C2)ncc1C(=O)N1CCCCC1. The molecule has 31 heavy (non-hydrogen) atoms. The number of piperazine rings is 1. The van der Waals surface area contributed by atoms with Crippen LogP contribution < -0.4 is 5.32 Å². The summed E-state index contributed by atoms with van der Waals surface area (Å²) in [4.78, 5) is 52.0. The van der Waals surface area contributed by atoms with Crippen LogP contribution in [0.4, 0.5) is 0 Å². The number of nitrogens with one attached hydrogen (secondary N) is 1. The summed E-state index contributed by atoms with van der Waals surface area (Å²) in [6.07, 6.45) is 6.78. The van der Waals surface area contributed by atoms with E-state index in [1.165, 1.54) is 6.42 Å². The molecule has 0 aliphatic carbocycles. The van der Waals surface area contributed by atoms with Gasteiger partial charge in [0, 0.05) is 51.4 Å². The summed E-state index contributed by atoms with van der Waals surface area (Å²) in [5, 5.41) is 2.78. The summed E-state index contributed by atoms with van der Waals surface area (Å²) in [5.41, 5.74) is 1.29. The molecule has 1 aromatic heterocycles. The van der Waals surface area contributed by atoms with Crippen molar-refractivity contribution in [2.75, 3.05) is 52.4 Å². The van der Waals surface area contributed by atoms with Crippen LogP contribution in [0.5, 0.6) is 0 Å². The maximum absolute atomic E-state index is 12.8. The second-order valence-electron chi connectivity index (χ2n) is 8.82. The summed E-state index contributed by atoms with van der Waals surface area (Å²) in [6.45, 7) is 6.61. The third-order valence-corrected chi connectivity index (χ3v) is 6.49. The highest BCUT2D eigenvalue weighted by Crippen LogP contribution is 2.25. The molecular formula is C22H32N6O3. The van der Waals surface area contributed by atoms with E-state index in [0.717, 1.165) is 45.3 Å². The van der Waals surface area contributed by atoms with E-state index < -0.39 is 0 Å². The number of piperidine rings is 2. The van der Waals surface area contributed by atoms with Crippen molar-refractivity contribution in [1.29, 1.82) is 0 Å². The van der Waals surface area contributed by atoms with Gasteiger partial charge in [0.15, 0.2) is 0 Å². The Labute approximate surface area is 183 Å². The molecule has 4 heterocycles. The molecule has 0 spiro atoms. The Kier molecular flexibility index (Phi) is 6.80. The Bertz CT molecular complexity index is 839. The number of aromatic nitrogens is 2. The molecule has 9 nitrogen and oxygen atoms in total. The highest BCUT2D eigenvalue weighted by Gasteiger charge is 2.29. The Hall–Kier alpha value is -2.55. The highest BCUT2D eigenvalue weighted by molar-refractivity contribution is 5.95. The first-order valence-electron chi connectivity index (χ1n) is 11.4. The first-order chi connectivity index (χ1) is 15.0. The second-order valence-corrected chi connectivity index (χ2v) is 8.82.